The largest absolute Gasteiger partial charge is 0.497 e. The van der Waals surface area contributed by atoms with Crippen molar-refractivity contribution in [1.82, 2.24) is 5.32 Å². The van der Waals surface area contributed by atoms with Gasteiger partial charge in [0.25, 0.3) is 5.91 Å². The van der Waals surface area contributed by atoms with Crippen LogP contribution < -0.4 is 15.4 Å². The van der Waals surface area contributed by atoms with Gasteiger partial charge in [0.05, 0.1) is 24.2 Å². The molecular formula is C23H26N2O5S2. The van der Waals surface area contributed by atoms with E-state index in [0.717, 1.165) is 47.4 Å². The highest BCUT2D eigenvalue weighted by molar-refractivity contribution is 7.91. The Hall–Kier alpha value is -2.65. The normalized spacial score (nSPS) is 19.5. The van der Waals surface area contributed by atoms with Gasteiger partial charge in [-0.1, -0.05) is 12.1 Å². The van der Waals surface area contributed by atoms with Crippen LogP contribution in [0.1, 0.15) is 45.6 Å². The third-order valence-electron chi connectivity index (χ3n) is 5.75. The Morgan fingerprint density at radius 2 is 1.91 bits per heavy atom. The van der Waals surface area contributed by atoms with E-state index in [-0.39, 0.29) is 29.4 Å². The predicted octanol–water partition coefficient (Wildman–Crippen LogP) is 3.20. The molecule has 4 rings (SSSR count). The lowest BCUT2D eigenvalue weighted by Gasteiger charge is -2.15. The number of methoxy groups -OCH3 is 1. The van der Waals surface area contributed by atoms with Crippen LogP contribution in [0.25, 0.3) is 6.08 Å². The number of hydrogen-bond donors (Lipinski definition) is 2. The number of nitrogens with one attached hydrogen (secondary N) is 2. The number of carbonyl (C=O) groups excluding carboxylic acids is 2. The predicted molar refractivity (Wildman–Crippen MR) is 126 cm³/mol. The van der Waals surface area contributed by atoms with Crippen molar-refractivity contribution < 1.29 is 22.7 Å². The molecule has 1 unspecified atom stereocenters. The molecule has 2 heterocycles. The van der Waals surface area contributed by atoms with Crippen molar-refractivity contribution in [2.45, 2.75) is 38.1 Å². The standard InChI is InChI=1S/C23H26N2O5S2/c1-30-17-9-6-15(7-10-17)8-11-20(26)25-23-21(18-4-2-3-5-19(18)31-23)22(27)24-16-12-13-32(28,29)14-16/h6-11,16H,2-5,12-14H2,1H3,(H,24,27)(H,25,26)/b11-8+. The van der Waals surface area contributed by atoms with Crippen molar-refractivity contribution in [2.24, 2.45) is 0 Å². The first-order valence-electron chi connectivity index (χ1n) is 10.6. The molecule has 1 aliphatic heterocycles. The highest BCUT2D eigenvalue weighted by atomic mass is 32.2. The summed E-state index contributed by atoms with van der Waals surface area (Å²) in [6.45, 7) is 0. The molecular weight excluding hydrogens is 448 g/mol. The van der Waals surface area contributed by atoms with Gasteiger partial charge >= 0.3 is 0 Å². The highest BCUT2D eigenvalue weighted by Gasteiger charge is 2.32. The second-order valence-corrected chi connectivity index (χ2v) is 11.4. The van der Waals surface area contributed by atoms with Gasteiger partial charge in [0.15, 0.2) is 9.84 Å². The van der Waals surface area contributed by atoms with Gasteiger partial charge in [-0.05, 0) is 61.4 Å². The molecule has 9 heteroatoms. The lowest BCUT2D eigenvalue weighted by molar-refractivity contribution is -0.111. The van der Waals surface area contributed by atoms with E-state index < -0.39 is 9.84 Å². The van der Waals surface area contributed by atoms with Crippen LogP contribution in [0, 0.1) is 0 Å². The maximum Gasteiger partial charge on any atom is 0.254 e. The van der Waals surface area contributed by atoms with Gasteiger partial charge < -0.3 is 15.4 Å². The Morgan fingerprint density at radius 1 is 1.16 bits per heavy atom. The second kappa shape index (κ2) is 9.46. The molecule has 7 nitrogen and oxygen atoms in total. The average Bonchev–Trinajstić information content (AvgIpc) is 3.31. The number of carbonyl (C=O) groups is 2. The Morgan fingerprint density at radius 3 is 2.59 bits per heavy atom. The lowest BCUT2D eigenvalue weighted by atomic mass is 9.95. The summed E-state index contributed by atoms with van der Waals surface area (Å²) in [6, 6.07) is 6.94. The number of benzene rings is 1. The summed E-state index contributed by atoms with van der Waals surface area (Å²) in [5, 5.41) is 6.28. The number of amides is 2. The number of thiophene rings is 1. The highest BCUT2D eigenvalue weighted by Crippen LogP contribution is 2.38. The minimum absolute atomic E-state index is 0.0304. The molecule has 0 bridgehead atoms. The fourth-order valence-electron chi connectivity index (χ4n) is 4.10. The minimum atomic E-state index is -3.09. The molecule has 0 saturated carbocycles. The Balaban J connectivity index is 1.51. The fourth-order valence-corrected chi connectivity index (χ4v) is 7.06. The van der Waals surface area contributed by atoms with Crippen LogP contribution in [0.5, 0.6) is 5.75 Å². The van der Waals surface area contributed by atoms with E-state index in [1.807, 2.05) is 24.3 Å². The Labute approximate surface area is 191 Å². The molecule has 1 aromatic carbocycles. The summed E-state index contributed by atoms with van der Waals surface area (Å²) in [5.74, 6) is 0.177. The van der Waals surface area contributed by atoms with Gasteiger partial charge in [-0.3, -0.25) is 9.59 Å². The number of aryl methyl sites for hydroxylation is 1. The van der Waals surface area contributed by atoms with Gasteiger partial charge in [-0.25, -0.2) is 8.42 Å². The smallest absolute Gasteiger partial charge is 0.254 e. The van der Waals surface area contributed by atoms with E-state index in [0.29, 0.717) is 17.0 Å². The molecule has 2 aliphatic rings. The van der Waals surface area contributed by atoms with E-state index >= 15 is 0 Å². The lowest BCUT2D eigenvalue weighted by Crippen LogP contribution is -2.36. The molecule has 2 N–H and O–H groups in total. The maximum absolute atomic E-state index is 13.1. The number of anilines is 1. The molecule has 32 heavy (non-hydrogen) atoms. The average molecular weight is 475 g/mol. The number of ether oxygens (including phenoxy) is 1. The molecule has 1 aromatic heterocycles. The molecule has 2 aromatic rings. The van der Waals surface area contributed by atoms with Crippen LogP contribution in [0.2, 0.25) is 0 Å². The number of sulfone groups is 1. The molecule has 1 aliphatic carbocycles. The summed E-state index contributed by atoms with van der Waals surface area (Å²) < 4.78 is 28.7. The van der Waals surface area contributed by atoms with Crippen LogP contribution in [-0.4, -0.2) is 44.9 Å². The van der Waals surface area contributed by atoms with Crippen LogP contribution in [-0.2, 0) is 27.5 Å². The summed E-state index contributed by atoms with van der Waals surface area (Å²) in [4.78, 5) is 26.8. The molecule has 1 atom stereocenters. The molecule has 170 valence electrons. The number of hydrogen-bond acceptors (Lipinski definition) is 6. The number of rotatable bonds is 6. The summed E-state index contributed by atoms with van der Waals surface area (Å²) in [7, 11) is -1.50. The van der Waals surface area contributed by atoms with Gasteiger partial charge in [0, 0.05) is 17.0 Å². The van der Waals surface area contributed by atoms with E-state index in [9.17, 15) is 18.0 Å². The zero-order valence-corrected chi connectivity index (χ0v) is 19.5. The topological polar surface area (TPSA) is 102 Å². The fraction of sp³-hybridized carbons (Fsp3) is 0.391. The summed E-state index contributed by atoms with van der Waals surface area (Å²) in [6.07, 6.45) is 7.28. The van der Waals surface area contributed by atoms with Crippen molar-refractivity contribution in [2.75, 3.05) is 23.9 Å². The third kappa shape index (κ3) is 5.21. The number of fused-ring (bicyclic) bond motifs is 1. The van der Waals surface area contributed by atoms with Crippen LogP contribution in [0.4, 0.5) is 5.00 Å². The zero-order valence-electron chi connectivity index (χ0n) is 17.8. The first-order valence-corrected chi connectivity index (χ1v) is 13.3. The van der Waals surface area contributed by atoms with Crippen LogP contribution in [0.15, 0.2) is 30.3 Å². The van der Waals surface area contributed by atoms with Gasteiger partial charge in [0.2, 0.25) is 5.91 Å². The molecule has 1 saturated heterocycles. The minimum Gasteiger partial charge on any atom is -0.497 e. The van der Waals surface area contributed by atoms with Crippen molar-refractivity contribution in [3.05, 3.63) is 51.9 Å². The van der Waals surface area contributed by atoms with Crippen LogP contribution in [0.3, 0.4) is 0 Å². The summed E-state index contributed by atoms with van der Waals surface area (Å²) >= 11 is 1.44. The van der Waals surface area contributed by atoms with Crippen molar-refractivity contribution in [1.29, 1.82) is 0 Å². The van der Waals surface area contributed by atoms with E-state index in [2.05, 4.69) is 10.6 Å². The quantitative estimate of drug-likeness (QED) is 0.626. The van der Waals surface area contributed by atoms with E-state index in [1.165, 1.54) is 17.4 Å². The van der Waals surface area contributed by atoms with Gasteiger partial charge in [-0.2, -0.15) is 0 Å². The van der Waals surface area contributed by atoms with Crippen LogP contribution >= 0.6 is 11.3 Å². The molecule has 2 amide bonds. The van der Waals surface area contributed by atoms with E-state index in [1.54, 1.807) is 13.2 Å². The first-order chi connectivity index (χ1) is 15.3. The van der Waals surface area contributed by atoms with Crippen molar-refractivity contribution >= 4 is 44.1 Å². The van der Waals surface area contributed by atoms with Gasteiger partial charge in [-0.15, -0.1) is 11.3 Å². The third-order valence-corrected chi connectivity index (χ3v) is 8.72. The SMILES string of the molecule is COc1ccc(/C=C/C(=O)Nc2sc3c(c2C(=O)NC2CCS(=O)(=O)C2)CCCC3)cc1. The first kappa shape index (κ1) is 22.5. The van der Waals surface area contributed by atoms with Gasteiger partial charge in [0.1, 0.15) is 10.8 Å². The Bertz CT molecular complexity index is 1150. The maximum atomic E-state index is 13.1. The second-order valence-electron chi connectivity index (χ2n) is 8.08. The van der Waals surface area contributed by atoms with Crippen molar-refractivity contribution in [3.8, 4) is 5.75 Å². The van der Waals surface area contributed by atoms with E-state index in [4.69, 9.17) is 4.74 Å². The molecule has 0 radical (unpaired) electrons. The molecule has 0 spiro atoms. The molecule has 1 fully saturated rings. The van der Waals surface area contributed by atoms with Crippen molar-refractivity contribution in [3.63, 3.8) is 0 Å². The zero-order chi connectivity index (χ0) is 22.7. The monoisotopic (exact) mass is 474 g/mol. The summed E-state index contributed by atoms with van der Waals surface area (Å²) in [5.41, 5.74) is 2.32. The Kier molecular flexibility index (Phi) is 6.66.